The predicted octanol–water partition coefficient (Wildman–Crippen LogP) is 4.70. The molecule has 0 N–H and O–H groups in total. The van der Waals surface area contributed by atoms with Gasteiger partial charge in [0.25, 0.3) is 0 Å². The van der Waals surface area contributed by atoms with Crippen molar-refractivity contribution < 1.29 is 4.79 Å². The summed E-state index contributed by atoms with van der Waals surface area (Å²) >= 11 is 0. The maximum atomic E-state index is 12.4. The fourth-order valence-corrected chi connectivity index (χ4v) is 2.89. The van der Waals surface area contributed by atoms with Gasteiger partial charge in [0.05, 0.1) is 11.4 Å². The maximum Gasteiger partial charge on any atom is 0.143 e. The number of aryl methyl sites for hydroxylation is 2. The van der Waals surface area contributed by atoms with Gasteiger partial charge in [0, 0.05) is 24.8 Å². The summed E-state index contributed by atoms with van der Waals surface area (Å²) in [6.07, 6.45) is 1.66. The van der Waals surface area contributed by atoms with E-state index in [1.807, 2.05) is 31.2 Å². The molecule has 2 heteroatoms. The van der Waals surface area contributed by atoms with Crippen molar-refractivity contribution >= 4 is 17.2 Å². The molecule has 120 valence electrons. The van der Waals surface area contributed by atoms with Crippen LogP contribution in [0, 0.1) is 25.7 Å². The van der Waals surface area contributed by atoms with Gasteiger partial charge in [-0.15, -0.1) is 0 Å². The molecule has 1 heterocycles. The average molecular weight is 315 g/mol. The van der Waals surface area contributed by atoms with Gasteiger partial charge in [0.2, 0.25) is 0 Å². The summed E-state index contributed by atoms with van der Waals surface area (Å²) < 4.78 is 0. The Morgan fingerprint density at radius 2 is 1.88 bits per heavy atom. The van der Waals surface area contributed by atoms with Crippen LogP contribution in [0.5, 0.6) is 0 Å². The van der Waals surface area contributed by atoms with Crippen molar-refractivity contribution in [1.29, 1.82) is 0 Å². The summed E-state index contributed by atoms with van der Waals surface area (Å²) in [4.78, 5) is 17.2. The van der Waals surface area contributed by atoms with Gasteiger partial charge in [-0.25, -0.2) is 0 Å². The normalized spacial score (nSPS) is 13.5. The molecular weight excluding hydrogens is 294 g/mol. The summed E-state index contributed by atoms with van der Waals surface area (Å²) in [5, 5.41) is 0. The molecule has 1 aliphatic rings. The van der Waals surface area contributed by atoms with Crippen molar-refractivity contribution in [2.75, 3.05) is 0 Å². The Bertz CT molecular complexity index is 894. The molecule has 0 saturated heterocycles. The van der Waals surface area contributed by atoms with Crippen molar-refractivity contribution in [3.63, 3.8) is 0 Å². The number of ketones is 1. The first-order valence-electron chi connectivity index (χ1n) is 8.35. The number of carbonyl (C=O) groups excluding carboxylic acids is 1. The fourth-order valence-electron chi connectivity index (χ4n) is 2.89. The standard InChI is InChI=1S/C22H21NO/c1-4-5-7-17-8-6-9-18(12-17)22-14-20(24)13-19-10-15(2)16(3)11-21(19)23-22/h6,8-12H,4,13-14H2,1-3H3. The summed E-state index contributed by atoms with van der Waals surface area (Å²) in [5.74, 6) is 6.44. The molecule has 2 nitrogen and oxygen atoms in total. The second-order valence-corrected chi connectivity index (χ2v) is 6.25. The largest absolute Gasteiger partial charge is 0.299 e. The molecule has 0 fully saturated rings. The summed E-state index contributed by atoms with van der Waals surface area (Å²) in [5.41, 5.74) is 7.14. The molecule has 0 saturated carbocycles. The van der Waals surface area contributed by atoms with E-state index >= 15 is 0 Å². The number of aliphatic imine (C=N–C) groups is 1. The minimum Gasteiger partial charge on any atom is -0.299 e. The third-order valence-corrected chi connectivity index (χ3v) is 4.31. The molecule has 0 atom stereocenters. The zero-order valence-electron chi connectivity index (χ0n) is 14.4. The molecule has 0 aromatic heterocycles. The van der Waals surface area contributed by atoms with E-state index < -0.39 is 0 Å². The SMILES string of the molecule is CCC#Cc1cccc(C2=Nc3cc(C)c(C)cc3CC(=O)C2)c1. The Hall–Kier alpha value is -2.66. The molecule has 0 amide bonds. The number of nitrogens with zero attached hydrogens (tertiary/aromatic N) is 1. The van der Waals surface area contributed by atoms with Crippen molar-refractivity contribution in [2.24, 2.45) is 4.99 Å². The van der Waals surface area contributed by atoms with Crippen molar-refractivity contribution in [3.8, 4) is 11.8 Å². The van der Waals surface area contributed by atoms with Gasteiger partial charge in [-0.3, -0.25) is 9.79 Å². The van der Waals surface area contributed by atoms with E-state index in [4.69, 9.17) is 4.99 Å². The molecule has 1 aliphatic heterocycles. The Labute approximate surface area is 143 Å². The lowest BCUT2D eigenvalue weighted by Gasteiger charge is -2.07. The number of hydrogen-bond acceptors (Lipinski definition) is 2. The highest BCUT2D eigenvalue weighted by atomic mass is 16.1. The van der Waals surface area contributed by atoms with E-state index in [1.54, 1.807) is 0 Å². The summed E-state index contributed by atoms with van der Waals surface area (Å²) in [7, 11) is 0. The van der Waals surface area contributed by atoms with E-state index in [2.05, 4.69) is 37.8 Å². The lowest BCUT2D eigenvalue weighted by molar-refractivity contribution is -0.117. The van der Waals surface area contributed by atoms with Crippen LogP contribution in [0.1, 0.15) is 47.6 Å². The number of benzene rings is 2. The smallest absolute Gasteiger partial charge is 0.143 e. The number of Topliss-reactive ketones (excluding diaryl/α,β-unsaturated/α-hetero) is 1. The van der Waals surface area contributed by atoms with Crippen LogP contribution in [-0.2, 0) is 11.2 Å². The fraction of sp³-hybridized carbons (Fsp3) is 0.273. The predicted molar refractivity (Wildman–Crippen MR) is 99.1 cm³/mol. The van der Waals surface area contributed by atoms with E-state index in [-0.39, 0.29) is 5.78 Å². The zero-order valence-corrected chi connectivity index (χ0v) is 14.4. The molecule has 24 heavy (non-hydrogen) atoms. The Morgan fingerprint density at radius 1 is 1.08 bits per heavy atom. The average Bonchev–Trinajstić information content (AvgIpc) is 2.72. The van der Waals surface area contributed by atoms with Crippen LogP contribution in [0.25, 0.3) is 0 Å². The number of hydrogen-bond donors (Lipinski definition) is 0. The van der Waals surface area contributed by atoms with Crippen LogP contribution < -0.4 is 0 Å². The Balaban J connectivity index is 2.08. The van der Waals surface area contributed by atoms with Crippen LogP contribution in [0.4, 0.5) is 5.69 Å². The van der Waals surface area contributed by atoms with Crippen LogP contribution in [0.3, 0.4) is 0 Å². The number of fused-ring (bicyclic) bond motifs is 1. The first-order valence-corrected chi connectivity index (χ1v) is 8.35. The van der Waals surface area contributed by atoms with Gasteiger partial charge in [-0.2, -0.15) is 0 Å². The monoisotopic (exact) mass is 315 g/mol. The lowest BCUT2D eigenvalue weighted by atomic mass is 9.99. The molecule has 3 rings (SSSR count). The minimum absolute atomic E-state index is 0.209. The third-order valence-electron chi connectivity index (χ3n) is 4.31. The molecule has 2 aromatic carbocycles. The Kier molecular flexibility index (Phi) is 4.62. The van der Waals surface area contributed by atoms with Gasteiger partial charge in [0.1, 0.15) is 5.78 Å². The van der Waals surface area contributed by atoms with E-state index in [9.17, 15) is 4.79 Å². The van der Waals surface area contributed by atoms with Crippen LogP contribution >= 0.6 is 0 Å². The van der Waals surface area contributed by atoms with E-state index in [1.165, 1.54) is 11.1 Å². The van der Waals surface area contributed by atoms with Crippen LogP contribution in [-0.4, -0.2) is 11.5 Å². The number of carbonyl (C=O) groups is 1. The minimum atomic E-state index is 0.209. The van der Waals surface area contributed by atoms with Gasteiger partial charge in [-0.05, 0) is 54.3 Å². The van der Waals surface area contributed by atoms with Gasteiger partial charge in [0.15, 0.2) is 0 Å². The molecule has 0 radical (unpaired) electrons. The third kappa shape index (κ3) is 3.46. The topological polar surface area (TPSA) is 29.4 Å². The molecule has 0 bridgehead atoms. The van der Waals surface area contributed by atoms with Gasteiger partial charge >= 0.3 is 0 Å². The number of rotatable bonds is 1. The Morgan fingerprint density at radius 3 is 2.67 bits per heavy atom. The first-order chi connectivity index (χ1) is 11.6. The zero-order chi connectivity index (χ0) is 17.1. The summed E-state index contributed by atoms with van der Waals surface area (Å²) in [6.45, 7) is 6.19. The van der Waals surface area contributed by atoms with Crippen molar-refractivity contribution in [1.82, 2.24) is 0 Å². The quantitative estimate of drug-likeness (QED) is 0.701. The molecule has 2 aromatic rings. The lowest BCUT2D eigenvalue weighted by Crippen LogP contribution is -2.09. The van der Waals surface area contributed by atoms with Gasteiger partial charge in [-0.1, -0.05) is 37.0 Å². The van der Waals surface area contributed by atoms with Gasteiger partial charge < -0.3 is 0 Å². The molecule has 0 aliphatic carbocycles. The molecular formula is C22H21NO. The van der Waals surface area contributed by atoms with Crippen molar-refractivity contribution in [3.05, 3.63) is 64.2 Å². The van der Waals surface area contributed by atoms with E-state index in [0.717, 1.165) is 34.5 Å². The van der Waals surface area contributed by atoms with Crippen LogP contribution in [0.2, 0.25) is 0 Å². The second-order valence-electron chi connectivity index (χ2n) is 6.25. The maximum absolute atomic E-state index is 12.4. The second kappa shape index (κ2) is 6.84. The van der Waals surface area contributed by atoms with E-state index in [0.29, 0.717) is 12.8 Å². The highest BCUT2D eigenvalue weighted by Crippen LogP contribution is 2.28. The first kappa shape index (κ1) is 16.2. The highest BCUT2D eigenvalue weighted by Gasteiger charge is 2.18. The van der Waals surface area contributed by atoms with Crippen LogP contribution in [0.15, 0.2) is 41.4 Å². The highest BCUT2D eigenvalue weighted by molar-refractivity contribution is 6.13. The molecule has 0 spiro atoms. The summed E-state index contributed by atoms with van der Waals surface area (Å²) in [6, 6.07) is 12.2. The molecule has 0 unspecified atom stereocenters. The van der Waals surface area contributed by atoms with Crippen molar-refractivity contribution in [2.45, 2.75) is 40.0 Å².